The molecule has 0 spiro atoms. The second kappa shape index (κ2) is 5.13. The van der Waals surface area contributed by atoms with E-state index in [2.05, 4.69) is 10.1 Å². The summed E-state index contributed by atoms with van der Waals surface area (Å²) in [5.74, 6) is -0.403. The average molecular weight is 268 g/mol. The summed E-state index contributed by atoms with van der Waals surface area (Å²) >= 11 is 0. The summed E-state index contributed by atoms with van der Waals surface area (Å²) in [5.41, 5.74) is 8.70. The first-order chi connectivity index (χ1) is 9.72. The molecular formula is C15H13FN4. The van der Waals surface area contributed by atoms with Crippen molar-refractivity contribution < 1.29 is 4.39 Å². The highest BCUT2D eigenvalue weighted by molar-refractivity contribution is 5.71. The van der Waals surface area contributed by atoms with E-state index in [1.807, 2.05) is 30.3 Å². The molecule has 0 radical (unpaired) electrons. The fourth-order valence-corrected chi connectivity index (χ4v) is 2.05. The van der Waals surface area contributed by atoms with E-state index >= 15 is 0 Å². The Kier molecular flexibility index (Phi) is 3.16. The van der Waals surface area contributed by atoms with Gasteiger partial charge >= 0.3 is 0 Å². The van der Waals surface area contributed by atoms with Gasteiger partial charge in [-0.25, -0.2) is 4.39 Å². The molecule has 2 N–H and O–H groups in total. The van der Waals surface area contributed by atoms with Gasteiger partial charge in [-0.1, -0.05) is 30.3 Å². The number of nitrogens with two attached hydrogens (primary N) is 1. The van der Waals surface area contributed by atoms with Crippen molar-refractivity contribution in [2.24, 2.45) is 0 Å². The van der Waals surface area contributed by atoms with Gasteiger partial charge < -0.3 is 5.73 Å². The molecule has 0 bridgehead atoms. The van der Waals surface area contributed by atoms with Gasteiger partial charge in [-0.3, -0.25) is 9.67 Å². The van der Waals surface area contributed by atoms with Crippen LogP contribution in [0.25, 0.3) is 11.3 Å². The summed E-state index contributed by atoms with van der Waals surface area (Å²) < 4.78 is 14.9. The first-order valence-corrected chi connectivity index (χ1v) is 6.20. The highest BCUT2D eigenvalue weighted by Crippen LogP contribution is 2.24. The Morgan fingerprint density at radius 3 is 2.70 bits per heavy atom. The average Bonchev–Trinajstić information content (AvgIpc) is 2.81. The zero-order valence-corrected chi connectivity index (χ0v) is 10.7. The topological polar surface area (TPSA) is 56.7 Å². The molecule has 0 aliphatic heterocycles. The maximum atomic E-state index is 13.2. The van der Waals surface area contributed by atoms with Gasteiger partial charge in [0.25, 0.3) is 0 Å². The van der Waals surface area contributed by atoms with Gasteiger partial charge in [0.15, 0.2) is 0 Å². The Morgan fingerprint density at radius 2 is 1.95 bits per heavy atom. The number of pyridine rings is 1. The Labute approximate surface area is 115 Å². The highest BCUT2D eigenvalue weighted by Gasteiger charge is 2.10. The van der Waals surface area contributed by atoms with Crippen molar-refractivity contribution in [2.45, 2.75) is 6.54 Å². The van der Waals surface area contributed by atoms with Crippen molar-refractivity contribution in [3.63, 3.8) is 0 Å². The van der Waals surface area contributed by atoms with Crippen LogP contribution in [-0.2, 0) is 6.54 Å². The minimum Gasteiger partial charge on any atom is -0.396 e. The SMILES string of the molecule is Nc1cn(Cc2ccccc2)nc1-c1cncc(F)c1. The summed E-state index contributed by atoms with van der Waals surface area (Å²) in [5, 5.41) is 4.40. The lowest BCUT2D eigenvalue weighted by Gasteiger charge is -2.01. The third kappa shape index (κ3) is 2.51. The number of nitrogen functional groups attached to an aromatic ring is 1. The van der Waals surface area contributed by atoms with Gasteiger partial charge in [0.1, 0.15) is 11.5 Å². The third-order valence-electron chi connectivity index (χ3n) is 2.96. The van der Waals surface area contributed by atoms with Gasteiger partial charge in [-0.2, -0.15) is 5.10 Å². The van der Waals surface area contributed by atoms with Crippen molar-refractivity contribution in [2.75, 3.05) is 5.73 Å². The van der Waals surface area contributed by atoms with Crippen molar-refractivity contribution in [3.05, 3.63) is 66.4 Å². The van der Waals surface area contributed by atoms with E-state index in [9.17, 15) is 4.39 Å². The van der Waals surface area contributed by atoms with E-state index in [0.717, 1.165) is 11.8 Å². The van der Waals surface area contributed by atoms with Crippen LogP contribution in [0.2, 0.25) is 0 Å². The normalized spacial score (nSPS) is 10.7. The van der Waals surface area contributed by atoms with Crippen molar-refractivity contribution in [1.82, 2.24) is 14.8 Å². The van der Waals surface area contributed by atoms with Crippen LogP contribution in [0.15, 0.2) is 55.0 Å². The molecule has 0 amide bonds. The third-order valence-corrected chi connectivity index (χ3v) is 2.96. The second-order valence-electron chi connectivity index (χ2n) is 4.51. The lowest BCUT2D eigenvalue weighted by Crippen LogP contribution is -2.00. The lowest BCUT2D eigenvalue weighted by molar-refractivity contribution is 0.621. The maximum absolute atomic E-state index is 13.2. The van der Waals surface area contributed by atoms with Crippen LogP contribution in [-0.4, -0.2) is 14.8 Å². The predicted octanol–water partition coefficient (Wildman–Crippen LogP) is 2.71. The van der Waals surface area contributed by atoms with Crippen LogP contribution in [0.5, 0.6) is 0 Å². The molecule has 0 atom stereocenters. The minimum absolute atomic E-state index is 0.403. The molecule has 1 aromatic carbocycles. The van der Waals surface area contributed by atoms with Crippen LogP contribution < -0.4 is 5.73 Å². The molecule has 3 rings (SSSR count). The number of benzene rings is 1. The van der Waals surface area contributed by atoms with E-state index in [1.54, 1.807) is 17.1 Å². The molecule has 2 heterocycles. The van der Waals surface area contributed by atoms with Crippen molar-refractivity contribution >= 4 is 5.69 Å². The maximum Gasteiger partial charge on any atom is 0.142 e. The van der Waals surface area contributed by atoms with Gasteiger partial charge in [0.2, 0.25) is 0 Å². The van der Waals surface area contributed by atoms with E-state index in [4.69, 9.17) is 5.73 Å². The van der Waals surface area contributed by atoms with Gasteiger partial charge in [-0.15, -0.1) is 0 Å². The van der Waals surface area contributed by atoms with Gasteiger partial charge in [-0.05, 0) is 11.6 Å². The van der Waals surface area contributed by atoms with Crippen LogP contribution in [0.1, 0.15) is 5.56 Å². The van der Waals surface area contributed by atoms with Crippen LogP contribution in [0, 0.1) is 5.82 Å². The number of halogens is 1. The van der Waals surface area contributed by atoms with Crippen LogP contribution in [0.3, 0.4) is 0 Å². The molecule has 0 saturated heterocycles. The Morgan fingerprint density at radius 1 is 1.15 bits per heavy atom. The van der Waals surface area contributed by atoms with Crippen LogP contribution >= 0.6 is 0 Å². The molecule has 2 aromatic heterocycles. The van der Waals surface area contributed by atoms with E-state index in [-0.39, 0.29) is 0 Å². The van der Waals surface area contributed by atoms with Crippen LogP contribution in [0.4, 0.5) is 10.1 Å². The fourth-order valence-electron chi connectivity index (χ4n) is 2.05. The number of aromatic nitrogens is 3. The first-order valence-electron chi connectivity index (χ1n) is 6.20. The summed E-state index contributed by atoms with van der Waals surface area (Å²) in [6.07, 6.45) is 4.45. The molecule has 0 unspecified atom stereocenters. The molecule has 4 nitrogen and oxygen atoms in total. The lowest BCUT2D eigenvalue weighted by atomic mass is 10.2. The second-order valence-corrected chi connectivity index (χ2v) is 4.51. The monoisotopic (exact) mass is 268 g/mol. The minimum atomic E-state index is -0.403. The zero-order chi connectivity index (χ0) is 13.9. The van der Waals surface area contributed by atoms with Gasteiger partial charge in [0, 0.05) is 18.0 Å². The quantitative estimate of drug-likeness (QED) is 0.794. The number of rotatable bonds is 3. The summed E-state index contributed by atoms with van der Waals surface area (Å²) in [6, 6.07) is 11.3. The highest BCUT2D eigenvalue weighted by atomic mass is 19.1. The summed E-state index contributed by atoms with van der Waals surface area (Å²) in [4.78, 5) is 3.82. The van der Waals surface area contributed by atoms with E-state index in [1.165, 1.54) is 6.07 Å². The van der Waals surface area contributed by atoms with Gasteiger partial charge in [0.05, 0.1) is 18.4 Å². The molecule has 100 valence electrons. The molecule has 0 saturated carbocycles. The molecular weight excluding hydrogens is 255 g/mol. The van der Waals surface area contributed by atoms with Crippen molar-refractivity contribution in [1.29, 1.82) is 0 Å². The zero-order valence-electron chi connectivity index (χ0n) is 10.7. The summed E-state index contributed by atoms with van der Waals surface area (Å²) in [7, 11) is 0. The standard InChI is InChI=1S/C15H13FN4/c16-13-6-12(7-18-8-13)15-14(17)10-20(19-15)9-11-4-2-1-3-5-11/h1-8,10H,9,17H2. The molecule has 0 aliphatic rings. The first kappa shape index (κ1) is 12.3. The molecule has 3 aromatic rings. The number of nitrogens with zero attached hydrogens (tertiary/aromatic N) is 3. The Hall–Kier alpha value is -2.69. The Bertz CT molecular complexity index is 722. The molecule has 5 heteroatoms. The fraction of sp³-hybridized carbons (Fsp3) is 0.0667. The Balaban J connectivity index is 1.91. The largest absolute Gasteiger partial charge is 0.396 e. The molecule has 0 fully saturated rings. The molecule has 20 heavy (non-hydrogen) atoms. The summed E-state index contributed by atoms with van der Waals surface area (Å²) in [6.45, 7) is 0.619. The number of hydrogen-bond acceptors (Lipinski definition) is 3. The van der Waals surface area contributed by atoms with E-state index in [0.29, 0.717) is 23.5 Å². The smallest absolute Gasteiger partial charge is 0.142 e. The number of anilines is 1. The molecule has 0 aliphatic carbocycles. The van der Waals surface area contributed by atoms with E-state index < -0.39 is 5.82 Å². The predicted molar refractivity (Wildman–Crippen MR) is 75.4 cm³/mol. The number of hydrogen-bond donors (Lipinski definition) is 1. The van der Waals surface area contributed by atoms with Crippen molar-refractivity contribution in [3.8, 4) is 11.3 Å².